The van der Waals surface area contributed by atoms with Crippen molar-refractivity contribution in [2.24, 2.45) is 5.92 Å². The van der Waals surface area contributed by atoms with E-state index in [1.54, 1.807) is 49.4 Å². The van der Waals surface area contributed by atoms with Crippen molar-refractivity contribution in [1.29, 1.82) is 0 Å². The van der Waals surface area contributed by atoms with Crippen molar-refractivity contribution in [3.8, 4) is 0 Å². The van der Waals surface area contributed by atoms with Gasteiger partial charge in [-0.25, -0.2) is 8.42 Å². The van der Waals surface area contributed by atoms with E-state index in [0.717, 1.165) is 4.31 Å². The van der Waals surface area contributed by atoms with Gasteiger partial charge in [0.25, 0.3) is 10.0 Å². The smallest absolute Gasteiger partial charge is 0.264 e. The number of nitrogens with one attached hydrogen (secondary N) is 1. The largest absolute Gasteiger partial charge is 0.354 e. The molecule has 7 nitrogen and oxygen atoms in total. The molecule has 0 fully saturated rings. The Morgan fingerprint density at radius 2 is 1.55 bits per heavy atom. The lowest BCUT2D eigenvalue weighted by molar-refractivity contribution is -0.140. The van der Waals surface area contributed by atoms with Gasteiger partial charge in [-0.1, -0.05) is 92.0 Å². The summed E-state index contributed by atoms with van der Waals surface area (Å²) in [6.45, 7) is 5.52. The van der Waals surface area contributed by atoms with Crippen molar-refractivity contribution >= 4 is 62.3 Å². The molecule has 1 N–H and O–H groups in total. The number of rotatable bonds is 12. The first-order chi connectivity index (χ1) is 18.9. The first kappa shape index (κ1) is 31.7. The summed E-state index contributed by atoms with van der Waals surface area (Å²) >= 11 is 19.1. The molecule has 0 heterocycles. The van der Waals surface area contributed by atoms with Gasteiger partial charge in [0, 0.05) is 23.1 Å². The summed E-state index contributed by atoms with van der Waals surface area (Å²) in [5, 5.41) is 3.65. The van der Waals surface area contributed by atoms with Crippen molar-refractivity contribution in [2.45, 2.75) is 44.7 Å². The Morgan fingerprint density at radius 3 is 2.17 bits per heavy atom. The number of carbonyl (C=O) groups excluding carboxylic acids is 2. The summed E-state index contributed by atoms with van der Waals surface area (Å²) in [5.41, 5.74) is 0.659. The van der Waals surface area contributed by atoms with E-state index in [1.165, 1.54) is 35.2 Å². The maximum absolute atomic E-state index is 14.1. The third kappa shape index (κ3) is 7.91. The molecule has 0 unspecified atom stereocenters. The fraction of sp³-hybridized carbons (Fsp3) is 0.310. The maximum atomic E-state index is 14.1. The van der Waals surface area contributed by atoms with Crippen molar-refractivity contribution in [1.82, 2.24) is 10.2 Å². The molecule has 0 saturated carbocycles. The van der Waals surface area contributed by atoms with Gasteiger partial charge in [-0.05, 0) is 54.3 Å². The molecule has 0 aliphatic rings. The van der Waals surface area contributed by atoms with E-state index in [9.17, 15) is 18.0 Å². The molecule has 0 spiro atoms. The van der Waals surface area contributed by atoms with Crippen molar-refractivity contribution < 1.29 is 18.0 Å². The molecule has 0 bridgehead atoms. The first-order valence-corrected chi connectivity index (χ1v) is 15.4. The predicted octanol–water partition coefficient (Wildman–Crippen LogP) is 6.42. The van der Waals surface area contributed by atoms with Crippen LogP contribution in [0.3, 0.4) is 0 Å². The molecule has 40 heavy (non-hydrogen) atoms. The van der Waals surface area contributed by atoms with E-state index in [4.69, 9.17) is 34.8 Å². The first-order valence-electron chi connectivity index (χ1n) is 12.8. The van der Waals surface area contributed by atoms with Gasteiger partial charge in [-0.15, -0.1) is 0 Å². The van der Waals surface area contributed by atoms with Crippen LogP contribution in [0.25, 0.3) is 0 Å². The fourth-order valence-electron chi connectivity index (χ4n) is 4.06. The van der Waals surface area contributed by atoms with Crippen LogP contribution in [0.4, 0.5) is 5.69 Å². The number of benzene rings is 3. The van der Waals surface area contributed by atoms with Crippen LogP contribution >= 0.6 is 34.8 Å². The second-order valence-corrected chi connectivity index (χ2v) is 12.7. The van der Waals surface area contributed by atoms with Gasteiger partial charge in [-0.3, -0.25) is 13.9 Å². The van der Waals surface area contributed by atoms with Crippen LogP contribution in [0, 0.1) is 5.92 Å². The highest BCUT2D eigenvalue weighted by Gasteiger charge is 2.34. The van der Waals surface area contributed by atoms with E-state index in [2.05, 4.69) is 5.32 Å². The zero-order chi connectivity index (χ0) is 29.4. The maximum Gasteiger partial charge on any atom is 0.264 e. The van der Waals surface area contributed by atoms with Crippen molar-refractivity contribution in [3.63, 3.8) is 0 Å². The van der Waals surface area contributed by atoms with Crippen LogP contribution in [0.5, 0.6) is 0 Å². The van der Waals surface area contributed by atoms with Crippen LogP contribution < -0.4 is 9.62 Å². The topological polar surface area (TPSA) is 86.8 Å². The van der Waals surface area contributed by atoms with Crippen LogP contribution in [-0.4, -0.2) is 44.3 Å². The normalized spacial score (nSPS) is 12.2. The zero-order valence-electron chi connectivity index (χ0n) is 22.5. The number of halogens is 3. The summed E-state index contributed by atoms with van der Waals surface area (Å²) < 4.78 is 28.7. The van der Waals surface area contributed by atoms with Gasteiger partial charge in [-0.2, -0.15) is 0 Å². The van der Waals surface area contributed by atoms with Crippen LogP contribution in [0.1, 0.15) is 32.8 Å². The minimum Gasteiger partial charge on any atom is -0.354 e. The molecule has 3 aromatic carbocycles. The van der Waals surface area contributed by atoms with Crippen LogP contribution in [0.15, 0.2) is 77.7 Å². The summed E-state index contributed by atoms with van der Waals surface area (Å²) in [7, 11) is -4.26. The Morgan fingerprint density at radius 1 is 0.900 bits per heavy atom. The summed E-state index contributed by atoms with van der Waals surface area (Å²) in [5.74, 6) is -0.748. The number of amides is 2. The Kier molecular flexibility index (Phi) is 11.3. The summed E-state index contributed by atoms with van der Waals surface area (Å²) in [6.07, 6.45) is 0.295. The van der Waals surface area contributed by atoms with Crippen LogP contribution in [0.2, 0.25) is 15.1 Å². The number of hydrogen-bond acceptors (Lipinski definition) is 4. The van der Waals surface area contributed by atoms with E-state index >= 15 is 0 Å². The highest BCUT2D eigenvalue weighted by Crippen LogP contribution is 2.33. The summed E-state index contributed by atoms with van der Waals surface area (Å²) in [6, 6.07) is 18.2. The Balaban J connectivity index is 2.09. The average molecular weight is 625 g/mol. The van der Waals surface area contributed by atoms with Gasteiger partial charge in [0.15, 0.2) is 0 Å². The number of sulfonamides is 1. The summed E-state index contributed by atoms with van der Waals surface area (Å²) in [4.78, 5) is 28.7. The van der Waals surface area contributed by atoms with E-state index in [1.807, 2.05) is 13.8 Å². The molecule has 0 saturated heterocycles. The zero-order valence-corrected chi connectivity index (χ0v) is 25.6. The molecule has 0 aromatic heterocycles. The predicted molar refractivity (Wildman–Crippen MR) is 161 cm³/mol. The van der Waals surface area contributed by atoms with E-state index in [-0.39, 0.29) is 39.0 Å². The van der Waals surface area contributed by atoms with E-state index in [0.29, 0.717) is 23.6 Å². The van der Waals surface area contributed by atoms with Gasteiger partial charge in [0.05, 0.1) is 15.6 Å². The Hall–Kier alpha value is -2.78. The Labute approximate surface area is 251 Å². The Bertz CT molecular complexity index is 1440. The average Bonchev–Trinajstić information content (AvgIpc) is 2.93. The number of anilines is 1. The third-order valence-corrected chi connectivity index (χ3v) is 8.85. The minimum atomic E-state index is -4.26. The van der Waals surface area contributed by atoms with E-state index < -0.39 is 28.5 Å². The third-order valence-electron chi connectivity index (χ3n) is 6.16. The molecule has 11 heteroatoms. The SMILES string of the molecule is CC[C@H](C(=O)NCC(C)C)N(Cc1ccccc1Cl)C(=O)CN(c1cc(Cl)ccc1Cl)S(=O)(=O)c1ccccc1. The fourth-order valence-corrected chi connectivity index (χ4v) is 6.14. The minimum absolute atomic E-state index is 0.00534. The lowest BCUT2D eigenvalue weighted by Crippen LogP contribution is -2.52. The molecule has 3 aromatic rings. The van der Waals surface area contributed by atoms with Gasteiger partial charge in [0.1, 0.15) is 12.6 Å². The quantitative estimate of drug-likeness (QED) is 0.252. The molecule has 0 radical (unpaired) electrons. The lowest BCUT2D eigenvalue weighted by Gasteiger charge is -2.33. The van der Waals surface area contributed by atoms with Gasteiger partial charge in [0.2, 0.25) is 11.8 Å². The molecule has 0 aliphatic heterocycles. The molecule has 0 aliphatic carbocycles. The highest BCUT2D eigenvalue weighted by atomic mass is 35.5. The second-order valence-electron chi connectivity index (χ2n) is 9.60. The van der Waals surface area contributed by atoms with Crippen molar-refractivity contribution in [3.05, 3.63) is 93.4 Å². The number of carbonyl (C=O) groups is 2. The standard InChI is InChI=1S/C29H32Cl3N3O4S/c1-4-26(29(37)33-17-20(2)3)34(18-21-10-8-9-13-24(21)31)28(36)19-35(27-16-22(30)14-15-25(27)32)40(38,39)23-11-6-5-7-12-23/h5-16,20,26H,4,17-19H2,1-3H3,(H,33,37)/t26-/m1/s1. The molecule has 214 valence electrons. The van der Waals surface area contributed by atoms with Crippen molar-refractivity contribution in [2.75, 3.05) is 17.4 Å². The number of hydrogen-bond donors (Lipinski definition) is 1. The highest BCUT2D eigenvalue weighted by molar-refractivity contribution is 7.92. The van der Waals surface area contributed by atoms with Gasteiger partial charge < -0.3 is 10.2 Å². The van der Waals surface area contributed by atoms with Gasteiger partial charge >= 0.3 is 0 Å². The molecular formula is C29H32Cl3N3O4S. The molecule has 2 amide bonds. The second kappa shape index (κ2) is 14.2. The molecule has 3 rings (SSSR count). The monoisotopic (exact) mass is 623 g/mol. The number of nitrogens with zero attached hydrogens (tertiary/aromatic N) is 2. The molecule has 1 atom stereocenters. The van der Waals surface area contributed by atoms with Crippen LogP contribution in [-0.2, 0) is 26.2 Å². The molecular weight excluding hydrogens is 593 g/mol. The lowest BCUT2D eigenvalue weighted by atomic mass is 10.1.